The standard InChI is InChI=1S/C14H18ClN3/c1-4-5-18-13(9-15)16-17-14(18)12-7-10(2)6-11(3)8-12/h6-8H,4-5,9H2,1-3H3. The fourth-order valence-corrected chi connectivity index (χ4v) is 2.41. The normalized spacial score (nSPS) is 10.9. The smallest absolute Gasteiger partial charge is 0.164 e. The molecule has 4 heteroatoms. The molecule has 0 fully saturated rings. The van der Waals surface area contributed by atoms with Crippen molar-refractivity contribution in [2.75, 3.05) is 0 Å². The van der Waals surface area contributed by atoms with E-state index < -0.39 is 0 Å². The third-order valence-electron chi connectivity index (χ3n) is 2.87. The molecule has 3 nitrogen and oxygen atoms in total. The summed E-state index contributed by atoms with van der Waals surface area (Å²) in [6.45, 7) is 7.24. The van der Waals surface area contributed by atoms with Gasteiger partial charge in [0, 0.05) is 12.1 Å². The minimum absolute atomic E-state index is 0.401. The van der Waals surface area contributed by atoms with Crippen molar-refractivity contribution >= 4 is 11.6 Å². The SMILES string of the molecule is CCCn1c(CCl)nnc1-c1cc(C)cc(C)c1. The fraction of sp³-hybridized carbons (Fsp3) is 0.429. The van der Waals surface area contributed by atoms with Gasteiger partial charge in [0.15, 0.2) is 5.82 Å². The minimum atomic E-state index is 0.401. The summed E-state index contributed by atoms with van der Waals surface area (Å²) in [5, 5.41) is 8.46. The molecule has 0 bridgehead atoms. The summed E-state index contributed by atoms with van der Waals surface area (Å²) in [5.41, 5.74) is 3.59. The van der Waals surface area contributed by atoms with Gasteiger partial charge in [0.1, 0.15) is 5.82 Å². The van der Waals surface area contributed by atoms with Gasteiger partial charge < -0.3 is 4.57 Å². The lowest BCUT2D eigenvalue weighted by Crippen LogP contribution is -2.04. The third-order valence-corrected chi connectivity index (χ3v) is 3.11. The first-order valence-corrected chi connectivity index (χ1v) is 6.76. The van der Waals surface area contributed by atoms with E-state index in [4.69, 9.17) is 11.6 Å². The molecule has 0 amide bonds. The molecule has 1 aromatic carbocycles. The van der Waals surface area contributed by atoms with Crippen molar-refractivity contribution in [3.8, 4) is 11.4 Å². The average molecular weight is 264 g/mol. The second-order valence-corrected chi connectivity index (χ2v) is 4.87. The summed E-state index contributed by atoms with van der Waals surface area (Å²) >= 11 is 5.91. The Bertz CT molecular complexity index is 526. The van der Waals surface area contributed by atoms with Crippen molar-refractivity contribution < 1.29 is 0 Å². The highest BCUT2D eigenvalue weighted by Gasteiger charge is 2.12. The van der Waals surface area contributed by atoms with Crippen LogP contribution in [0.3, 0.4) is 0 Å². The molecular formula is C14H18ClN3. The van der Waals surface area contributed by atoms with E-state index in [1.54, 1.807) is 0 Å². The number of benzene rings is 1. The van der Waals surface area contributed by atoms with Crippen molar-refractivity contribution in [1.29, 1.82) is 0 Å². The monoisotopic (exact) mass is 263 g/mol. The molecule has 0 unspecified atom stereocenters. The Morgan fingerprint density at radius 2 is 1.78 bits per heavy atom. The highest BCUT2D eigenvalue weighted by molar-refractivity contribution is 6.16. The van der Waals surface area contributed by atoms with Gasteiger partial charge in [-0.25, -0.2) is 0 Å². The second-order valence-electron chi connectivity index (χ2n) is 4.60. The van der Waals surface area contributed by atoms with Crippen LogP contribution in [0.4, 0.5) is 0 Å². The molecule has 0 aliphatic heterocycles. The maximum Gasteiger partial charge on any atom is 0.164 e. The number of hydrogen-bond donors (Lipinski definition) is 0. The summed E-state index contributed by atoms with van der Waals surface area (Å²) in [6, 6.07) is 6.44. The van der Waals surface area contributed by atoms with Crippen LogP contribution in [0, 0.1) is 13.8 Å². The molecule has 1 aromatic heterocycles. The number of aryl methyl sites for hydroxylation is 2. The van der Waals surface area contributed by atoms with Gasteiger partial charge in [-0.3, -0.25) is 0 Å². The molecule has 0 saturated heterocycles. The summed E-state index contributed by atoms with van der Waals surface area (Å²) in [4.78, 5) is 0. The summed E-state index contributed by atoms with van der Waals surface area (Å²) < 4.78 is 2.11. The predicted molar refractivity (Wildman–Crippen MR) is 74.8 cm³/mol. The highest BCUT2D eigenvalue weighted by atomic mass is 35.5. The van der Waals surface area contributed by atoms with E-state index in [-0.39, 0.29) is 0 Å². The van der Waals surface area contributed by atoms with Gasteiger partial charge in [-0.2, -0.15) is 0 Å². The van der Waals surface area contributed by atoms with Crippen LogP contribution in [0.2, 0.25) is 0 Å². The van der Waals surface area contributed by atoms with E-state index in [0.29, 0.717) is 5.88 Å². The Hall–Kier alpha value is -1.35. The van der Waals surface area contributed by atoms with E-state index >= 15 is 0 Å². The lowest BCUT2D eigenvalue weighted by Gasteiger charge is -2.09. The Labute approximate surface area is 113 Å². The molecule has 0 N–H and O–H groups in total. The Kier molecular flexibility index (Phi) is 4.02. The Balaban J connectivity index is 2.52. The molecule has 2 rings (SSSR count). The number of alkyl halides is 1. The molecule has 0 aliphatic carbocycles. The van der Waals surface area contributed by atoms with Crippen LogP contribution >= 0.6 is 11.6 Å². The first kappa shape index (κ1) is 13.1. The van der Waals surface area contributed by atoms with Gasteiger partial charge in [0.25, 0.3) is 0 Å². The molecule has 96 valence electrons. The first-order valence-electron chi connectivity index (χ1n) is 6.22. The van der Waals surface area contributed by atoms with Gasteiger partial charge in [-0.15, -0.1) is 21.8 Å². The van der Waals surface area contributed by atoms with Crippen molar-refractivity contribution in [3.63, 3.8) is 0 Å². The lowest BCUT2D eigenvalue weighted by atomic mass is 10.1. The van der Waals surface area contributed by atoms with Crippen LogP contribution in [-0.4, -0.2) is 14.8 Å². The molecule has 1 heterocycles. The van der Waals surface area contributed by atoms with Crippen LogP contribution < -0.4 is 0 Å². The number of halogens is 1. The lowest BCUT2D eigenvalue weighted by molar-refractivity contribution is 0.659. The van der Waals surface area contributed by atoms with Crippen LogP contribution in [-0.2, 0) is 12.4 Å². The summed E-state index contributed by atoms with van der Waals surface area (Å²) in [6.07, 6.45) is 1.04. The second kappa shape index (κ2) is 5.53. The molecule has 18 heavy (non-hydrogen) atoms. The van der Waals surface area contributed by atoms with Crippen molar-refractivity contribution in [2.24, 2.45) is 0 Å². The molecule has 0 saturated carbocycles. The van der Waals surface area contributed by atoms with Gasteiger partial charge in [0.2, 0.25) is 0 Å². The predicted octanol–water partition coefficient (Wildman–Crippen LogP) is 3.71. The van der Waals surface area contributed by atoms with Crippen molar-refractivity contribution in [1.82, 2.24) is 14.8 Å². The molecule has 0 atom stereocenters. The highest BCUT2D eigenvalue weighted by Crippen LogP contribution is 2.22. The number of nitrogens with zero attached hydrogens (tertiary/aromatic N) is 3. The van der Waals surface area contributed by atoms with Crippen LogP contribution in [0.5, 0.6) is 0 Å². The molecule has 2 aromatic rings. The Morgan fingerprint density at radius 3 is 2.33 bits per heavy atom. The topological polar surface area (TPSA) is 30.7 Å². The van der Waals surface area contributed by atoms with Gasteiger partial charge in [0.05, 0.1) is 5.88 Å². The number of hydrogen-bond acceptors (Lipinski definition) is 2. The zero-order valence-corrected chi connectivity index (χ0v) is 11.8. The Morgan fingerprint density at radius 1 is 1.11 bits per heavy atom. The van der Waals surface area contributed by atoms with E-state index in [9.17, 15) is 0 Å². The summed E-state index contributed by atoms with van der Waals surface area (Å²) in [7, 11) is 0. The largest absolute Gasteiger partial charge is 0.310 e. The van der Waals surface area contributed by atoms with E-state index in [1.165, 1.54) is 11.1 Å². The van der Waals surface area contributed by atoms with Crippen LogP contribution in [0.15, 0.2) is 18.2 Å². The van der Waals surface area contributed by atoms with Crippen molar-refractivity contribution in [3.05, 3.63) is 35.2 Å². The average Bonchev–Trinajstić information content (AvgIpc) is 2.71. The third kappa shape index (κ3) is 2.56. The zero-order valence-electron chi connectivity index (χ0n) is 11.1. The van der Waals surface area contributed by atoms with E-state index in [2.05, 4.69) is 53.7 Å². The molecule has 0 spiro atoms. The van der Waals surface area contributed by atoms with Gasteiger partial charge in [-0.1, -0.05) is 24.1 Å². The molecule has 0 radical (unpaired) electrons. The molecular weight excluding hydrogens is 246 g/mol. The molecule has 0 aliphatic rings. The summed E-state index contributed by atoms with van der Waals surface area (Å²) in [5.74, 6) is 2.16. The quantitative estimate of drug-likeness (QED) is 0.788. The van der Waals surface area contributed by atoms with Gasteiger partial charge in [-0.05, 0) is 32.4 Å². The van der Waals surface area contributed by atoms with Crippen LogP contribution in [0.25, 0.3) is 11.4 Å². The van der Waals surface area contributed by atoms with E-state index in [0.717, 1.165) is 30.2 Å². The number of aromatic nitrogens is 3. The fourth-order valence-electron chi connectivity index (χ4n) is 2.21. The van der Waals surface area contributed by atoms with Crippen LogP contribution in [0.1, 0.15) is 30.3 Å². The zero-order chi connectivity index (χ0) is 13.1. The number of rotatable bonds is 4. The first-order chi connectivity index (χ1) is 8.65. The van der Waals surface area contributed by atoms with Gasteiger partial charge >= 0.3 is 0 Å². The maximum atomic E-state index is 5.91. The minimum Gasteiger partial charge on any atom is -0.310 e. The maximum absolute atomic E-state index is 5.91. The van der Waals surface area contributed by atoms with Crippen molar-refractivity contribution in [2.45, 2.75) is 39.6 Å². The van der Waals surface area contributed by atoms with E-state index in [1.807, 2.05) is 0 Å².